The number of amides is 2. The van der Waals surface area contributed by atoms with E-state index in [9.17, 15) is 14.9 Å². The summed E-state index contributed by atoms with van der Waals surface area (Å²) in [5.74, 6) is 1.62. The number of nitro benzene ring substituents is 1. The van der Waals surface area contributed by atoms with Crippen LogP contribution in [0, 0.1) is 10.1 Å². The first-order valence-corrected chi connectivity index (χ1v) is 15.1. The zero-order valence-electron chi connectivity index (χ0n) is 25.0. The molecule has 1 aromatic heterocycles. The lowest BCUT2D eigenvalue weighted by atomic mass is 10.1. The van der Waals surface area contributed by atoms with E-state index >= 15 is 0 Å². The molecule has 0 bridgehead atoms. The van der Waals surface area contributed by atoms with Crippen molar-refractivity contribution in [2.75, 3.05) is 54.9 Å². The van der Waals surface area contributed by atoms with Gasteiger partial charge < -0.3 is 25.3 Å². The van der Waals surface area contributed by atoms with Crippen molar-refractivity contribution in [1.82, 2.24) is 14.9 Å². The number of H-pyrrole nitrogens is 1. The van der Waals surface area contributed by atoms with Crippen molar-refractivity contribution in [3.63, 3.8) is 0 Å². The summed E-state index contributed by atoms with van der Waals surface area (Å²) >= 11 is 0. The van der Waals surface area contributed by atoms with Crippen LogP contribution in [0.25, 0.3) is 22.4 Å². The first-order chi connectivity index (χ1) is 21.9. The summed E-state index contributed by atoms with van der Waals surface area (Å²) in [5.41, 5.74) is 6.64. The van der Waals surface area contributed by atoms with Gasteiger partial charge in [0, 0.05) is 61.8 Å². The fourth-order valence-corrected chi connectivity index (χ4v) is 5.41. The number of nitro groups is 1. The largest absolute Gasteiger partial charge is 0.492 e. The number of carbonyl (C=O) groups is 1. The molecule has 0 spiro atoms. The van der Waals surface area contributed by atoms with Crippen LogP contribution in [0.3, 0.4) is 0 Å². The van der Waals surface area contributed by atoms with E-state index in [-0.39, 0.29) is 5.69 Å². The number of aryl methyl sites for hydroxylation is 1. The van der Waals surface area contributed by atoms with Crippen LogP contribution in [0.2, 0.25) is 0 Å². The number of carbonyl (C=O) groups excluding carboxylic acids is 1. The monoisotopic (exact) mass is 605 g/mol. The third-order valence-corrected chi connectivity index (χ3v) is 7.96. The first-order valence-electron chi connectivity index (χ1n) is 15.1. The second-order valence-electron chi connectivity index (χ2n) is 10.9. The summed E-state index contributed by atoms with van der Waals surface area (Å²) < 4.78 is 5.97. The molecule has 230 valence electrons. The number of anilines is 3. The highest BCUT2D eigenvalue weighted by atomic mass is 16.6. The molecule has 2 amide bonds. The number of nitrogens with zero attached hydrogens (tertiary/aromatic N) is 4. The Kier molecular flexibility index (Phi) is 8.88. The summed E-state index contributed by atoms with van der Waals surface area (Å²) in [6, 6.07) is 27.3. The van der Waals surface area contributed by atoms with Gasteiger partial charge >= 0.3 is 6.03 Å². The van der Waals surface area contributed by atoms with Crippen molar-refractivity contribution in [3.05, 3.63) is 107 Å². The average molecular weight is 606 g/mol. The summed E-state index contributed by atoms with van der Waals surface area (Å²) in [7, 11) is 0. The number of piperazine rings is 1. The Morgan fingerprint density at radius 3 is 2.22 bits per heavy atom. The van der Waals surface area contributed by atoms with Gasteiger partial charge in [0.1, 0.15) is 23.7 Å². The van der Waals surface area contributed by atoms with Gasteiger partial charge in [-0.1, -0.05) is 37.3 Å². The van der Waals surface area contributed by atoms with Gasteiger partial charge in [0.25, 0.3) is 5.69 Å². The van der Waals surface area contributed by atoms with Gasteiger partial charge in [-0.3, -0.25) is 15.0 Å². The molecule has 0 radical (unpaired) electrons. The number of para-hydroxylation sites is 1. The minimum absolute atomic E-state index is 0.0371. The zero-order chi connectivity index (χ0) is 31.2. The van der Waals surface area contributed by atoms with Crippen LogP contribution < -0.4 is 20.3 Å². The van der Waals surface area contributed by atoms with Crippen LogP contribution in [0.1, 0.15) is 12.5 Å². The maximum Gasteiger partial charge on any atom is 0.323 e. The van der Waals surface area contributed by atoms with E-state index in [1.54, 1.807) is 12.1 Å². The highest BCUT2D eigenvalue weighted by molar-refractivity contribution is 5.99. The Hall–Kier alpha value is -5.42. The molecular weight excluding hydrogens is 570 g/mol. The second kappa shape index (κ2) is 13.5. The van der Waals surface area contributed by atoms with Gasteiger partial charge in [0.05, 0.1) is 16.1 Å². The molecule has 11 nitrogen and oxygen atoms in total. The van der Waals surface area contributed by atoms with E-state index in [4.69, 9.17) is 9.72 Å². The lowest BCUT2D eigenvalue weighted by Crippen LogP contribution is -2.47. The molecular formula is C34H35N7O4. The SMILES string of the molecule is CCc1ccc(-c2nc3c(N4CCN(CCOc5ccc(NC(=O)Nc6ccc([N+](=O)[O-])cc6)cc5)CC4)cccc3[nH]2)cc1. The van der Waals surface area contributed by atoms with Crippen molar-refractivity contribution in [2.24, 2.45) is 0 Å². The number of benzene rings is 4. The van der Waals surface area contributed by atoms with E-state index in [1.165, 1.54) is 29.8 Å². The van der Waals surface area contributed by atoms with Crippen molar-refractivity contribution >= 4 is 39.8 Å². The number of rotatable bonds is 10. The number of urea groups is 1. The predicted molar refractivity (Wildman–Crippen MR) is 177 cm³/mol. The van der Waals surface area contributed by atoms with Gasteiger partial charge in [0.2, 0.25) is 0 Å². The number of fused-ring (bicyclic) bond motifs is 1. The van der Waals surface area contributed by atoms with Crippen molar-refractivity contribution < 1.29 is 14.5 Å². The molecule has 0 aliphatic carbocycles. The van der Waals surface area contributed by atoms with Gasteiger partial charge in [0.15, 0.2) is 0 Å². The topological polar surface area (TPSA) is 129 Å². The number of ether oxygens (including phenoxy) is 1. The molecule has 1 fully saturated rings. The Morgan fingerprint density at radius 1 is 0.911 bits per heavy atom. The molecule has 0 unspecified atom stereocenters. The summed E-state index contributed by atoms with van der Waals surface area (Å²) in [6.07, 6.45) is 1.02. The maximum atomic E-state index is 12.3. The molecule has 5 aromatic rings. The van der Waals surface area contributed by atoms with E-state index in [0.717, 1.165) is 73.0 Å². The van der Waals surface area contributed by atoms with Gasteiger partial charge in [-0.25, -0.2) is 9.78 Å². The lowest BCUT2D eigenvalue weighted by molar-refractivity contribution is -0.384. The second-order valence-corrected chi connectivity index (χ2v) is 10.9. The van der Waals surface area contributed by atoms with E-state index in [2.05, 4.69) is 74.8 Å². The van der Waals surface area contributed by atoms with Crippen molar-refractivity contribution in [1.29, 1.82) is 0 Å². The number of aromatic amines is 1. The molecule has 0 atom stereocenters. The predicted octanol–water partition coefficient (Wildman–Crippen LogP) is 6.55. The van der Waals surface area contributed by atoms with E-state index in [0.29, 0.717) is 18.0 Å². The molecule has 0 saturated carbocycles. The molecule has 4 aromatic carbocycles. The third kappa shape index (κ3) is 7.22. The van der Waals surface area contributed by atoms with Crippen LogP contribution in [-0.2, 0) is 6.42 Å². The third-order valence-electron chi connectivity index (χ3n) is 7.96. The highest BCUT2D eigenvalue weighted by Crippen LogP contribution is 2.29. The Balaban J connectivity index is 0.956. The molecule has 1 aliphatic heterocycles. The minimum Gasteiger partial charge on any atom is -0.492 e. The smallest absolute Gasteiger partial charge is 0.323 e. The van der Waals surface area contributed by atoms with Crippen LogP contribution in [0.15, 0.2) is 91.0 Å². The van der Waals surface area contributed by atoms with E-state index in [1.807, 2.05) is 12.1 Å². The lowest BCUT2D eigenvalue weighted by Gasteiger charge is -2.36. The molecule has 11 heteroatoms. The Bertz CT molecular complexity index is 1760. The van der Waals surface area contributed by atoms with Crippen LogP contribution >= 0.6 is 0 Å². The summed E-state index contributed by atoms with van der Waals surface area (Å²) in [5, 5.41) is 16.2. The van der Waals surface area contributed by atoms with Crippen molar-refractivity contribution in [2.45, 2.75) is 13.3 Å². The summed E-state index contributed by atoms with van der Waals surface area (Å²) in [6.45, 7) is 7.22. The minimum atomic E-state index is -0.486. The molecule has 2 heterocycles. The number of aromatic nitrogens is 2. The molecule has 45 heavy (non-hydrogen) atoms. The van der Waals surface area contributed by atoms with Gasteiger partial charge in [-0.15, -0.1) is 0 Å². The number of nitrogens with one attached hydrogen (secondary N) is 3. The first kappa shape index (κ1) is 29.6. The number of imidazole rings is 1. The number of hydrogen-bond donors (Lipinski definition) is 3. The fourth-order valence-electron chi connectivity index (χ4n) is 5.41. The Morgan fingerprint density at radius 2 is 1.58 bits per heavy atom. The Labute approximate surface area is 261 Å². The average Bonchev–Trinajstić information content (AvgIpc) is 3.51. The summed E-state index contributed by atoms with van der Waals surface area (Å²) in [4.78, 5) is 35.9. The van der Waals surface area contributed by atoms with Crippen LogP contribution in [0.4, 0.5) is 27.5 Å². The number of hydrogen-bond acceptors (Lipinski definition) is 7. The zero-order valence-corrected chi connectivity index (χ0v) is 25.0. The van der Waals surface area contributed by atoms with Crippen LogP contribution in [0.5, 0.6) is 5.75 Å². The molecule has 1 saturated heterocycles. The number of non-ortho nitro benzene ring substituents is 1. The van der Waals surface area contributed by atoms with Gasteiger partial charge in [-0.05, 0) is 60.5 Å². The normalized spacial score (nSPS) is 13.5. The highest BCUT2D eigenvalue weighted by Gasteiger charge is 2.20. The standard InChI is InChI=1S/C34H35N7O4/c1-2-24-6-8-25(9-7-24)33-37-30-4-3-5-31(32(30)38-33)40-20-18-39(19-21-40)22-23-45-29-16-12-27(13-17-29)36-34(42)35-26-10-14-28(15-11-26)41(43)44/h3-17H,2,18-23H2,1H3,(H,37,38)(H2,35,36,42). The van der Waals surface area contributed by atoms with Crippen LogP contribution in [-0.4, -0.2) is 65.2 Å². The fraction of sp³-hybridized carbons (Fsp3) is 0.235. The molecule has 3 N–H and O–H groups in total. The van der Waals surface area contributed by atoms with Crippen molar-refractivity contribution in [3.8, 4) is 17.1 Å². The van der Waals surface area contributed by atoms with Gasteiger partial charge in [-0.2, -0.15) is 0 Å². The molecule has 1 aliphatic rings. The maximum absolute atomic E-state index is 12.3. The quantitative estimate of drug-likeness (QED) is 0.122. The van der Waals surface area contributed by atoms with E-state index < -0.39 is 11.0 Å². The molecule has 6 rings (SSSR count).